The summed E-state index contributed by atoms with van der Waals surface area (Å²) in [6.45, 7) is 8.21. The minimum absolute atomic E-state index is 1.13. The lowest BCUT2D eigenvalue weighted by atomic mass is 10.2. The molecular weight excluding hydrogens is 202 g/mol. The number of benzene rings is 1. The molecule has 0 spiro atoms. The van der Waals surface area contributed by atoms with Gasteiger partial charge in [-0.05, 0) is 27.7 Å². The van der Waals surface area contributed by atoms with Gasteiger partial charge >= 0.3 is 0 Å². The van der Waals surface area contributed by atoms with Gasteiger partial charge in [-0.25, -0.2) is 4.98 Å². The van der Waals surface area contributed by atoms with E-state index in [1.54, 1.807) is 11.3 Å². The van der Waals surface area contributed by atoms with Gasteiger partial charge in [-0.2, -0.15) is 0 Å². The van der Waals surface area contributed by atoms with Gasteiger partial charge in [0.1, 0.15) is 0 Å². The molecule has 15 heavy (non-hydrogen) atoms. The molecular formula is C13H17NS. The van der Waals surface area contributed by atoms with Crippen LogP contribution in [0.1, 0.15) is 21.8 Å². The zero-order chi connectivity index (χ0) is 11.3. The van der Waals surface area contributed by atoms with Crippen LogP contribution in [0.25, 0.3) is 0 Å². The van der Waals surface area contributed by atoms with Crippen LogP contribution in [0, 0.1) is 27.7 Å². The number of thiazole rings is 1. The average molecular weight is 219 g/mol. The molecule has 1 aromatic heterocycles. The third-order valence-corrected chi connectivity index (χ3v) is 2.84. The van der Waals surface area contributed by atoms with E-state index in [4.69, 9.17) is 0 Å². The second-order valence-electron chi connectivity index (χ2n) is 3.66. The molecule has 0 unspecified atom stereocenters. The maximum absolute atomic E-state index is 4.13. The fourth-order valence-electron chi connectivity index (χ4n) is 1.11. The van der Waals surface area contributed by atoms with E-state index in [0.29, 0.717) is 0 Å². The maximum atomic E-state index is 4.13. The standard InChI is InChI=1S/C8H10.C5H7NS/c1-7-3-5-8(2)6-4-7;1-4-3-7-5(2)6-4/h3-6H,1-2H3;3H,1-2H3. The van der Waals surface area contributed by atoms with Crippen molar-refractivity contribution in [3.05, 3.63) is 51.5 Å². The minimum Gasteiger partial charge on any atom is -0.247 e. The summed E-state index contributed by atoms with van der Waals surface area (Å²) in [5, 5.41) is 3.20. The number of rotatable bonds is 0. The van der Waals surface area contributed by atoms with Gasteiger partial charge in [0.15, 0.2) is 0 Å². The molecule has 2 aromatic rings. The Hall–Kier alpha value is -1.15. The highest BCUT2D eigenvalue weighted by Crippen LogP contribution is 2.04. The van der Waals surface area contributed by atoms with Crippen LogP contribution in [-0.4, -0.2) is 4.98 Å². The van der Waals surface area contributed by atoms with Crippen molar-refractivity contribution in [2.45, 2.75) is 27.7 Å². The van der Waals surface area contributed by atoms with Crippen LogP contribution >= 0.6 is 11.3 Å². The second-order valence-corrected chi connectivity index (χ2v) is 4.72. The molecule has 0 aliphatic carbocycles. The lowest BCUT2D eigenvalue weighted by Gasteiger charge is -1.90. The normalized spacial score (nSPS) is 9.33. The molecule has 1 aromatic carbocycles. The molecule has 0 saturated carbocycles. The van der Waals surface area contributed by atoms with Gasteiger partial charge in [0.25, 0.3) is 0 Å². The molecule has 80 valence electrons. The number of aryl methyl sites for hydroxylation is 4. The SMILES string of the molecule is Cc1ccc(C)cc1.Cc1csc(C)n1. The molecule has 0 amide bonds. The summed E-state index contributed by atoms with van der Waals surface area (Å²) in [5.41, 5.74) is 3.79. The van der Waals surface area contributed by atoms with Gasteiger partial charge in [0, 0.05) is 11.1 Å². The molecule has 0 fully saturated rings. The van der Waals surface area contributed by atoms with E-state index in [-0.39, 0.29) is 0 Å². The van der Waals surface area contributed by atoms with E-state index in [1.165, 1.54) is 11.1 Å². The van der Waals surface area contributed by atoms with Crippen LogP contribution in [0.5, 0.6) is 0 Å². The molecule has 1 heterocycles. The van der Waals surface area contributed by atoms with Gasteiger partial charge in [-0.15, -0.1) is 11.3 Å². The van der Waals surface area contributed by atoms with Gasteiger partial charge < -0.3 is 0 Å². The Balaban J connectivity index is 0.000000151. The van der Waals surface area contributed by atoms with Crippen molar-refractivity contribution in [3.8, 4) is 0 Å². The van der Waals surface area contributed by atoms with Crippen molar-refractivity contribution in [2.24, 2.45) is 0 Å². The molecule has 0 aliphatic heterocycles. The number of hydrogen-bond donors (Lipinski definition) is 0. The molecule has 0 saturated heterocycles. The molecule has 2 heteroatoms. The first kappa shape index (κ1) is 11.9. The summed E-state index contributed by atoms with van der Waals surface area (Å²) < 4.78 is 0. The predicted octanol–water partition coefficient (Wildman–Crippen LogP) is 4.06. The van der Waals surface area contributed by atoms with E-state index in [0.717, 1.165) is 10.7 Å². The molecule has 0 radical (unpaired) electrons. The topological polar surface area (TPSA) is 12.9 Å². The number of nitrogens with zero attached hydrogens (tertiary/aromatic N) is 1. The molecule has 2 rings (SSSR count). The van der Waals surface area contributed by atoms with E-state index >= 15 is 0 Å². The second kappa shape index (κ2) is 5.66. The Kier molecular flexibility index (Phi) is 4.50. The van der Waals surface area contributed by atoms with Gasteiger partial charge in [-0.1, -0.05) is 35.4 Å². The Labute approximate surface area is 95.8 Å². The summed E-state index contributed by atoms with van der Waals surface area (Å²) in [7, 11) is 0. The lowest BCUT2D eigenvalue weighted by Crippen LogP contribution is -1.70. The molecule has 0 bridgehead atoms. The quantitative estimate of drug-likeness (QED) is 0.651. The molecule has 0 aliphatic rings. The Morgan fingerprint density at radius 3 is 1.53 bits per heavy atom. The fourth-order valence-corrected chi connectivity index (χ4v) is 1.70. The Morgan fingerprint density at radius 1 is 0.867 bits per heavy atom. The maximum Gasteiger partial charge on any atom is 0.0897 e. The Morgan fingerprint density at radius 2 is 1.33 bits per heavy atom. The third kappa shape index (κ3) is 4.75. The number of hydrogen-bond acceptors (Lipinski definition) is 2. The molecule has 0 N–H and O–H groups in total. The van der Waals surface area contributed by atoms with Crippen molar-refractivity contribution >= 4 is 11.3 Å². The Bertz CT molecular complexity index is 363. The van der Waals surface area contributed by atoms with Crippen molar-refractivity contribution in [3.63, 3.8) is 0 Å². The van der Waals surface area contributed by atoms with Crippen molar-refractivity contribution in [1.29, 1.82) is 0 Å². The van der Waals surface area contributed by atoms with E-state index in [2.05, 4.69) is 48.5 Å². The highest BCUT2D eigenvalue weighted by Gasteiger charge is 1.86. The summed E-state index contributed by atoms with van der Waals surface area (Å²) in [6, 6.07) is 8.48. The van der Waals surface area contributed by atoms with Crippen molar-refractivity contribution in [1.82, 2.24) is 4.98 Å². The number of aromatic nitrogens is 1. The summed E-state index contributed by atoms with van der Waals surface area (Å²) in [4.78, 5) is 4.13. The van der Waals surface area contributed by atoms with Crippen molar-refractivity contribution in [2.75, 3.05) is 0 Å². The zero-order valence-corrected chi connectivity index (χ0v) is 10.6. The lowest BCUT2D eigenvalue weighted by molar-refractivity contribution is 1.20. The molecule has 0 atom stereocenters. The van der Waals surface area contributed by atoms with Gasteiger partial charge in [0.2, 0.25) is 0 Å². The summed E-state index contributed by atoms with van der Waals surface area (Å²) in [5.74, 6) is 0. The van der Waals surface area contributed by atoms with Crippen LogP contribution in [0.3, 0.4) is 0 Å². The average Bonchev–Trinajstić information content (AvgIpc) is 2.56. The highest BCUT2D eigenvalue weighted by molar-refractivity contribution is 7.09. The third-order valence-electron chi connectivity index (χ3n) is 1.95. The van der Waals surface area contributed by atoms with Gasteiger partial charge in [-0.3, -0.25) is 0 Å². The van der Waals surface area contributed by atoms with Gasteiger partial charge in [0.05, 0.1) is 5.01 Å². The largest absolute Gasteiger partial charge is 0.247 e. The zero-order valence-electron chi connectivity index (χ0n) is 9.74. The smallest absolute Gasteiger partial charge is 0.0897 e. The monoisotopic (exact) mass is 219 g/mol. The first-order valence-electron chi connectivity index (χ1n) is 5.00. The van der Waals surface area contributed by atoms with E-state index < -0.39 is 0 Å². The fraction of sp³-hybridized carbons (Fsp3) is 0.308. The van der Waals surface area contributed by atoms with Crippen LogP contribution < -0.4 is 0 Å². The first-order chi connectivity index (χ1) is 7.08. The van der Waals surface area contributed by atoms with Crippen LogP contribution in [0.15, 0.2) is 29.6 Å². The summed E-state index contributed by atoms with van der Waals surface area (Å²) in [6.07, 6.45) is 0. The van der Waals surface area contributed by atoms with E-state index in [9.17, 15) is 0 Å². The van der Waals surface area contributed by atoms with E-state index in [1.807, 2.05) is 13.8 Å². The first-order valence-corrected chi connectivity index (χ1v) is 5.88. The summed E-state index contributed by atoms with van der Waals surface area (Å²) >= 11 is 1.69. The van der Waals surface area contributed by atoms with Crippen LogP contribution in [0.4, 0.5) is 0 Å². The van der Waals surface area contributed by atoms with Crippen molar-refractivity contribution < 1.29 is 0 Å². The molecule has 1 nitrogen and oxygen atoms in total. The van der Waals surface area contributed by atoms with Crippen LogP contribution in [0.2, 0.25) is 0 Å². The predicted molar refractivity (Wildman–Crippen MR) is 67.5 cm³/mol. The highest BCUT2D eigenvalue weighted by atomic mass is 32.1. The van der Waals surface area contributed by atoms with Crippen LogP contribution in [-0.2, 0) is 0 Å². The minimum atomic E-state index is 1.13.